The molecule has 37 heavy (non-hydrogen) atoms. The van der Waals surface area contributed by atoms with Gasteiger partial charge in [-0.25, -0.2) is 4.39 Å². The normalized spacial score (nSPS) is 28.4. The van der Waals surface area contributed by atoms with Crippen LogP contribution < -0.4 is 20.1 Å². The predicted molar refractivity (Wildman–Crippen MR) is 136 cm³/mol. The van der Waals surface area contributed by atoms with Gasteiger partial charge >= 0.3 is 0 Å². The van der Waals surface area contributed by atoms with E-state index in [9.17, 15) is 19.1 Å². The van der Waals surface area contributed by atoms with Crippen molar-refractivity contribution in [3.8, 4) is 11.5 Å². The Morgan fingerprint density at radius 1 is 1.16 bits per heavy atom. The first-order valence-corrected chi connectivity index (χ1v) is 13.3. The number of rotatable bonds is 6. The Balaban J connectivity index is 1.15. The number of halogens is 3. The number of fused-ring (bicyclic) bond motifs is 3. The Kier molecular flexibility index (Phi) is 7.52. The van der Waals surface area contributed by atoms with Crippen LogP contribution in [-0.2, 0) is 9.59 Å². The first-order valence-electron chi connectivity index (χ1n) is 12.5. The van der Waals surface area contributed by atoms with E-state index < -0.39 is 18.0 Å². The van der Waals surface area contributed by atoms with Gasteiger partial charge in [-0.05, 0) is 68.4 Å². The molecule has 1 heterocycles. The summed E-state index contributed by atoms with van der Waals surface area (Å²) in [6.45, 7) is -0.221. The minimum Gasteiger partial charge on any atom is -0.484 e. The van der Waals surface area contributed by atoms with Crippen molar-refractivity contribution in [3.63, 3.8) is 0 Å². The Morgan fingerprint density at radius 3 is 2.81 bits per heavy atom. The van der Waals surface area contributed by atoms with Gasteiger partial charge in [0.25, 0.3) is 11.8 Å². The molecule has 5 atom stereocenters. The van der Waals surface area contributed by atoms with Gasteiger partial charge in [0.15, 0.2) is 12.7 Å². The van der Waals surface area contributed by atoms with Gasteiger partial charge in [-0.1, -0.05) is 29.6 Å². The van der Waals surface area contributed by atoms with Crippen LogP contribution in [-0.4, -0.2) is 41.2 Å². The number of hydrogen-bond donors (Lipinski definition) is 3. The van der Waals surface area contributed by atoms with Gasteiger partial charge in [-0.3, -0.25) is 9.59 Å². The molecule has 2 amide bonds. The molecule has 2 saturated carbocycles. The van der Waals surface area contributed by atoms with Gasteiger partial charge in [0, 0.05) is 34.7 Å². The Morgan fingerprint density at radius 2 is 2.00 bits per heavy atom. The van der Waals surface area contributed by atoms with Crippen LogP contribution in [0, 0.1) is 11.7 Å². The summed E-state index contributed by atoms with van der Waals surface area (Å²) in [5, 5.41) is 17.3. The molecule has 2 aromatic rings. The number of ether oxygens (including phenoxy) is 2. The number of carbonyl (C=O) groups excluding carboxylic acids is 2. The lowest BCUT2D eigenvalue weighted by molar-refractivity contribution is -0.133. The largest absolute Gasteiger partial charge is 0.484 e. The molecule has 7 nitrogen and oxygen atoms in total. The molecule has 5 rings (SSSR count). The molecule has 0 aromatic heterocycles. The van der Waals surface area contributed by atoms with Crippen molar-refractivity contribution in [2.24, 2.45) is 5.92 Å². The average molecular weight is 551 g/mol. The van der Waals surface area contributed by atoms with Crippen LogP contribution >= 0.6 is 23.2 Å². The molecule has 1 aliphatic heterocycles. The molecular formula is C27H29Cl2FN2O5. The van der Waals surface area contributed by atoms with Crippen molar-refractivity contribution < 1.29 is 28.6 Å². The molecule has 198 valence electrons. The van der Waals surface area contributed by atoms with Gasteiger partial charge in [-0.15, -0.1) is 0 Å². The van der Waals surface area contributed by atoms with Crippen molar-refractivity contribution in [2.45, 2.75) is 68.7 Å². The van der Waals surface area contributed by atoms with Gasteiger partial charge in [0.1, 0.15) is 17.3 Å². The van der Waals surface area contributed by atoms with E-state index in [2.05, 4.69) is 10.6 Å². The lowest BCUT2D eigenvalue weighted by atomic mass is 9.65. The standard InChI is InChI=1S/C27H29Cl2FN2O5/c28-16-3-6-23-18(10-16)22(33)12-24(37-23)26(35)31-21-7-9-27(8-1-2-15(21)13-27)32-25(34)14-36-17-4-5-19(29)20(30)11-17/h3-6,10-11,15,21-22,24,33H,1-2,7-9,12-14H2,(H,31,35)(H,32,34)/t15?,21?,22-,24-,27?/m0/s1. The second-order valence-corrected chi connectivity index (χ2v) is 11.1. The summed E-state index contributed by atoms with van der Waals surface area (Å²) >= 11 is 11.7. The summed E-state index contributed by atoms with van der Waals surface area (Å²) in [7, 11) is 0. The second kappa shape index (κ2) is 10.7. The summed E-state index contributed by atoms with van der Waals surface area (Å²) < 4.78 is 25.0. The molecule has 0 saturated heterocycles. The van der Waals surface area contributed by atoms with E-state index in [1.54, 1.807) is 18.2 Å². The second-order valence-electron chi connectivity index (χ2n) is 10.2. The maximum Gasteiger partial charge on any atom is 0.261 e. The minimum absolute atomic E-state index is 0.00579. The summed E-state index contributed by atoms with van der Waals surface area (Å²) in [4.78, 5) is 25.8. The molecule has 3 aliphatic rings. The molecule has 3 N–H and O–H groups in total. The van der Waals surface area contributed by atoms with E-state index in [4.69, 9.17) is 32.7 Å². The maximum atomic E-state index is 13.6. The van der Waals surface area contributed by atoms with Gasteiger partial charge < -0.3 is 25.2 Å². The highest BCUT2D eigenvalue weighted by Gasteiger charge is 2.45. The molecular weight excluding hydrogens is 522 g/mol. The number of aliphatic hydroxyl groups is 1. The number of nitrogens with one attached hydrogen (secondary N) is 2. The van der Waals surface area contributed by atoms with Crippen molar-refractivity contribution in [1.82, 2.24) is 10.6 Å². The van der Waals surface area contributed by atoms with Crippen LogP contribution in [0.5, 0.6) is 11.5 Å². The highest BCUT2D eigenvalue weighted by Crippen LogP contribution is 2.43. The van der Waals surface area contributed by atoms with Crippen LogP contribution in [0.1, 0.15) is 56.6 Å². The molecule has 2 aromatic carbocycles. The van der Waals surface area contributed by atoms with E-state index in [0.29, 0.717) is 16.3 Å². The van der Waals surface area contributed by atoms with Crippen LogP contribution in [0.15, 0.2) is 36.4 Å². The first-order chi connectivity index (χ1) is 17.7. The molecule has 0 radical (unpaired) electrons. The van der Waals surface area contributed by atoms with Gasteiger partial charge in [0.05, 0.1) is 11.1 Å². The molecule has 2 bridgehead atoms. The van der Waals surface area contributed by atoms with E-state index in [1.165, 1.54) is 12.1 Å². The highest BCUT2D eigenvalue weighted by molar-refractivity contribution is 6.31. The van der Waals surface area contributed by atoms with Crippen LogP contribution in [0.4, 0.5) is 4.39 Å². The monoisotopic (exact) mass is 550 g/mol. The zero-order chi connectivity index (χ0) is 26.2. The molecule has 2 fully saturated rings. The van der Waals surface area contributed by atoms with Gasteiger partial charge in [0.2, 0.25) is 0 Å². The van der Waals surface area contributed by atoms with Crippen molar-refractivity contribution in [2.75, 3.05) is 6.61 Å². The lowest BCUT2D eigenvalue weighted by Gasteiger charge is -2.49. The fourth-order valence-corrected chi connectivity index (χ4v) is 6.21. The van der Waals surface area contributed by atoms with E-state index >= 15 is 0 Å². The summed E-state index contributed by atoms with van der Waals surface area (Å²) in [6.07, 6.45) is 3.52. The molecule has 2 aliphatic carbocycles. The van der Waals surface area contributed by atoms with Gasteiger partial charge in [-0.2, -0.15) is 0 Å². The fourth-order valence-electron chi connectivity index (χ4n) is 5.91. The third-order valence-electron chi connectivity index (χ3n) is 7.71. The Hall–Kier alpha value is -2.55. The van der Waals surface area contributed by atoms with Crippen LogP contribution in [0.3, 0.4) is 0 Å². The maximum absolute atomic E-state index is 13.6. The van der Waals surface area contributed by atoms with Crippen LogP contribution in [0.25, 0.3) is 0 Å². The Labute approximate surface area is 224 Å². The summed E-state index contributed by atoms with van der Waals surface area (Å²) in [6, 6.07) is 9.03. The number of carbonyl (C=O) groups is 2. The van der Waals surface area contributed by atoms with E-state index in [-0.39, 0.29) is 53.1 Å². The first kappa shape index (κ1) is 26.1. The molecule has 0 spiro atoms. The SMILES string of the molecule is O=C(COc1ccc(Cl)c(F)c1)NC12CCCC(C1)C(NC(=O)[C@@H]1C[C@H](O)c3cc(Cl)ccc3O1)CC2. The zero-order valence-corrected chi connectivity index (χ0v) is 21.7. The Bertz CT molecular complexity index is 1200. The topological polar surface area (TPSA) is 96.9 Å². The minimum atomic E-state index is -0.825. The van der Waals surface area contributed by atoms with E-state index in [0.717, 1.165) is 44.6 Å². The smallest absolute Gasteiger partial charge is 0.261 e. The van der Waals surface area contributed by atoms with Crippen molar-refractivity contribution in [1.29, 1.82) is 0 Å². The fraction of sp³-hybridized carbons (Fsp3) is 0.481. The van der Waals surface area contributed by atoms with Crippen molar-refractivity contribution >= 4 is 35.0 Å². The zero-order valence-electron chi connectivity index (χ0n) is 20.1. The average Bonchev–Trinajstić information content (AvgIpc) is 2.87. The quantitative estimate of drug-likeness (QED) is 0.483. The third-order valence-corrected chi connectivity index (χ3v) is 8.25. The number of aliphatic hydroxyl groups excluding tert-OH is 1. The summed E-state index contributed by atoms with van der Waals surface area (Å²) in [5.74, 6) is -0.177. The number of hydrogen-bond acceptors (Lipinski definition) is 5. The number of benzene rings is 2. The third kappa shape index (κ3) is 5.81. The predicted octanol–water partition coefficient (Wildman–Crippen LogP) is 4.72. The molecule has 10 heteroatoms. The van der Waals surface area contributed by atoms with Crippen LogP contribution in [0.2, 0.25) is 10.0 Å². The summed E-state index contributed by atoms with van der Waals surface area (Å²) in [5.41, 5.74) is 0.248. The van der Waals surface area contributed by atoms with E-state index in [1.807, 2.05) is 0 Å². The number of amides is 2. The van der Waals surface area contributed by atoms with Crippen molar-refractivity contribution in [3.05, 3.63) is 57.8 Å². The highest BCUT2D eigenvalue weighted by atomic mass is 35.5. The lowest BCUT2D eigenvalue weighted by Crippen LogP contribution is -2.60. The molecule has 3 unspecified atom stereocenters.